The number of ether oxygens (including phenoxy) is 1. The van der Waals surface area contributed by atoms with E-state index in [4.69, 9.17) is 9.73 Å². The minimum atomic E-state index is 0. The van der Waals surface area contributed by atoms with Gasteiger partial charge in [0.1, 0.15) is 5.75 Å². The van der Waals surface area contributed by atoms with Crippen LogP contribution in [0.25, 0.3) is 0 Å². The summed E-state index contributed by atoms with van der Waals surface area (Å²) >= 11 is 0. The van der Waals surface area contributed by atoms with E-state index in [1.54, 1.807) is 0 Å². The molecule has 0 aromatic heterocycles. The van der Waals surface area contributed by atoms with Crippen LogP contribution in [-0.2, 0) is 4.79 Å². The maximum Gasteiger partial charge on any atom is 0.265 e. The van der Waals surface area contributed by atoms with Gasteiger partial charge in [0.15, 0.2) is 12.6 Å². The summed E-state index contributed by atoms with van der Waals surface area (Å²) < 4.78 is 5.52. The number of para-hydroxylation sites is 2. The van der Waals surface area contributed by atoms with Gasteiger partial charge < -0.3 is 19.9 Å². The molecule has 2 saturated heterocycles. The summed E-state index contributed by atoms with van der Waals surface area (Å²) in [6.07, 6.45) is 4.74. The maximum absolute atomic E-state index is 12.3. The number of hydrogen-bond donors (Lipinski definition) is 1. The molecule has 1 amide bonds. The third kappa shape index (κ3) is 5.38. The quantitative estimate of drug-likeness (QED) is 0.267. The molecule has 1 N–H and O–H groups in total. The fourth-order valence-electron chi connectivity index (χ4n) is 4.58. The molecule has 0 saturated carbocycles. The second-order valence-corrected chi connectivity index (χ2v) is 8.02. The topological polar surface area (TPSA) is 60.4 Å². The van der Waals surface area contributed by atoms with E-state index in [0.29, 0.717) is 19.1 Å². The van der Waals surface area contributed by atoms with E-state index >= 15 is 0 Å². The lowest BCUT2D eigenvalue weighted by molar-refractivity contribution is -0.121. The number of likely N-dealkylation sites (tertiary alicyclic amines) is 2. The molecule has 1 atom stereocenters. The van der Waals surface area contributed by atoms with Gasteiger partial charge >= 0.3 is 0 Å². The van der Waals surface area contributed by atoms with Crippen LogP contribution in [0.3, 0.4) is 0 Å². The van der Waals surface area contributed by atoms with Gasteiger partial charge in [0.05, 0.1) is 5.69 Å². The average molecular weight is 527 g/mol. The van der Waals surface area contributed by atoms with Crippen molar-refractivity contribution in [3.05, 3.63) is 24.3 Å². The SMILES string of the molecule is CCNC(=NCCCN1C(=O)COc2ccccc21)N1CCC(N2CCCC2)C1.I. The Morgan fingerprint density at radius 3 is 2.83 bits per heavy atom. The summed E-state index contributed by atoms with van der Waals surface area (Å²) in [5.41, 5.74) is 0.868. The van der Waals surface area contributed by atoms with Crippen LogP contribution in [0.4, 0.5) is 5.69 Å². The Morgan fingerprint density at radius 2 is 2.03 bits per heavy atom. The predicted octanol–water partition coefficient (Wildman–Crippen LogP) is 2.56. The van der Waals surface area contributed by atoms with Crippen LogP contribution >= 0.6 is 24.0 Å². The van der Waals surface area contributed by atoms with Gasteiger partial charge in [-0.2, -0.15) is 0 Å². The summed E-state index contributed by atoms with van der Waals surface area (Å²) in [6.45, 7) is 9.13. The highest BCUT2D eigenvalue weighted by molar-refractivity contribution is 14.0. The Labute approximate surface area is 196 Å². The number of guanidine groups is 1. The monoisotopic (exact) mass is 527 g/mol. The molecule has 3 heterocycles. The molecule has 0 spiro atoms. The number of anilines is 1. The van der Waals surface area contributed by atoms with E-state index in [-0.39, 0.29) is 36.5 Å². The second-order valence-electron chi connectivity index (χ2n) is 8.02. The zero-order valence-corrected chi connectivity index (χ0v) is 20.2. The lowest BCUT2D eigenvalue weighted by Crippen LogP contribution is -2.43. The Kier molecular flexibility index (Phi) is 8.61. The van der Waals surface area contributed by atoms with Crippen molar-refractivity contribution in [2.45, 2.75) is 38.6 Å². The Balaban J connectivity index is 0.00000256. The predicted molar refractivity (Wildman–Crippen MR) is 131 cm³/mol. The Morgan fingerprint density at radius 1 is 1.23 bits per heavy atom. The van der Waals surface area contributed by atoms with Crippen LogP contribution in [0.15, 0.2) is 29.3 Å². The molecule has 0 radical (unpaired) electrons. The summed E-state index contributed by atoms with van der Waals surface area (Å²) in [5, 5.41) is 3.46. The number of fused-ring (bicyclic) bond motifs is 1. The molecule has 2 fully saturated rings. The number of nitrogens with zero attached hydrogens (tertiary/aromatic N) is 4. The van der Waals surface area contributed by atoms with E-state index in [9.17, 15) is 4.79 Å². The molecular weight excluding hydrogens is 493 g/mol. The number of aliphatic imine (C=N–C) groups is 1. The molecule has 1 unspecified atom stereocenters. The smallest absolute Gasteiger partial charge is 0.265 e. The molecule has 3 aliphatic heterocycles. The number of benzene rings is 1. The molecule has 7 nitrogen and oxygen atoms in total. The van der Waals surface area contributed by atoms with Crippen LogP contribution in [0, 0.1) is 0 Å². The van der Waals surface area contributed by atoms with Gasteiger partial charge in [-0.05, 0) is 57.8 Å². The summed E-state index contributed by atoms with van der Waals surface area (Å²) in [7, 11) is 0. The normalized spacial score (nSPS) is 22.0. The fraction of sp³-hybridized carbons (Fsp3) is 0.636. The highest BCUT2D eigenvalue weighted by Gasteiger charge is 2.30. The third-order valence-corrected chi connectivity index (χ3v) is 6.06. The molecule has 30 heavy (non-hydrogen) atoms. The van der Waals surface area contributed by atoms with E-state index in [1.165, 1.54) is 32.4 Å². The molecule has 1 aromatic carbocycles. The molecular formula is C22H34IN5O2. The number of nitrogens with one attached hydrogen (secondary N) is 1. The maximum atomic E-state index is 12.3. The highest BCUT2D eigenvalue weighted by Crippen LogP contribution is 2.31. The van der Waals surface area contributed by atoms with Gasteiger partial charge in [-0.1, -0.05) is 12.1 Å². The van der Waals surface area contributed by atoms with Crippen LogP contribution in [0.1, 0.15) is 32.6 Å². The first kappa shape index (κ1) is 23.1. The van der Waals surface area contributed by atoms with Crippen LogP contribution < -0.4 is 15.0 Å². The van der Waals surface area contributed by atoms with Crippen molar-refractivity contribution in [1.82, 2.24) is 15.1 Å². The van der Waals surface area contributed by atoms with Gasteiger partial charge in [0.2, 0.25) is 0 Å². The van der Waals surface area contributed by atoms with Crippen molar-refractivity contribution < 1.29 is 9.53 Å². The largest absolute Gasteiger partial charge is 0.482 e. The van der Waals surface area contributed by atoms with Gasteiger partial charge in [0.25, 0.3) is 5.91 Å². The van der Waals surface area contributed by atoms with E-state index in [0.717, 1.165) is 43.5 Å². The number of carbonyl (C=O) groups excluding carboxylic acids is 1. The highest BCUT2D eigenvalue weighted by atomic mass is 127. The lowest BCUT2D eigenvalue weighted by Gasteiger charge is -2.29. The number of rotatable bonds is 6. The minimum absolute atomic E-state index is 0. The van der Waals surface area contributed by atoms with E-state index < -0.39 is 0 Å². The summed E-state index contributed by atoms with van der Waals surface area (Å²) in [6, 6.07) is 8.41. The second kappa shape index (κ2) is 11.2. The van der Waals surface area contributed by atoms with Crippen LogP contribution in [0.2, 0.25) is 0 Å². The number of hydrogen-bond acceptors (Lipinski definition) is 4. The van der Waals surface area contributed by atoms with Gasteiger partial charge in [-0.25, -0.2) is 0 Å². The molecule has 0 aliphatic carbocycles. The standard InChI is InChI=1S/C22H33N5O2.HI/c1-2-23-22(26-15-10-18(16-26)25-12-5-6-13-25)24-11-7-14-27-19-8-3-4-9-20(19)29-17-21(27)28;/h3-4,8-9,18H,2,5-7,10-17H2,1H3,(H,23,24);1H. The average Bonchev–Trinajstić information content (AvgIpc) is 3.43. The fourth-order valence-corrected chi connectivity index (χ4v) is 4.58. The van der Waals surface area contributed by atoms with Crippen molar-refractivity contribution in [3.63, 3.8) is 0 Å². The molecule has 3 aliphatic rings. The molecule has 166 valence electrons. The van der Waals surface area contributed by atoms with Gasteiger partial charge in [0, 0.05) is 38.8 Å². The van der Waals surface area contributed by atoms with Gasteiger partial charge in [-0.15, -0.1) is 24.0 Å². The Hall–Kier alpha value is -1.55. The molecule has 8 heteroatoms. The van der Waals surface area contributed by atoms with E-state index in [1.807, 2.05) is 29.2 Å². The van der Waals surface area contributed by atoms with Crippen molar-refractivity contribution in [1.29, 1.82) is 0 Å². The van der Waals surface area contributed by atoms with Gasteiger partial charge in [-0.3, -0.25) is 14.7 Å². The summed E-state index contributed by atoms with van der Waals surface area (Å²) in [5.74, 6) is 1.82. The zero-order chi connectivity index (χ0) is 20.1. The van der Waals surface area contributed by atoms with Crippen molar-refractivity contribution in [2.75, 3.05) is 57.3 Å². The van der Waals surface area contributed by atoms with Crippen LogP contribution in [-0.4, -0.2) is 80.1 Å². The van der Waals surface area contributed by atoms with Crippen molar-refractivity contribution >= 4 is 41.5 Å². The van der Waals surface area contributed by atoms with Crippen LogP contribution in [0.5, 0.6) is 5.75 Å². The first-order valence-corrected chi connectivity index (χ1v) is 11.1. The van der Waals surface area contributed by atoms with Crippen molar-refractivity contribution in [2.24, 2.45) is 4.99 Å². The Bertz CT molecular complexity index is 738. The third-order valence-electron chi connectivity index (χ3n) is 6.06. The number of amides is 1. The zero-order valence-electron chi connectivity index (χ0n) is 17.9. The molecule has 4 rings (SSSR count). The molecule has 1 aromatic rings. The van der Waals surface area contributed by atoms with Crippen molar-refractivity contribution in [3.8, 4) is 5.75 Å². The summed E-state index contributed by atoms with van der Waals surface area (Å²) in [4.78, 5) is 24.0. The lowest BCUT2D eigenvalue weighted by atomic mass is 10.2. The first-order chi connectivity index (χ1) is 14.3. The first-order valence-electron chi connectivity index (χ1n) is 11.1. The number of halogens is 1. The number of carbonyl (C=O) groups is 1. The van der Waals surface area contributed by atoms with E-state index in [2.05, 4.69) is 22.0 Å². The molecule has 0 bridgehead atoms. The minimum Gasteiger partial charge on any atom is -0.482 e.